The Balaban J connectivity index is 1.94. The summed E-state index contributed by atoms with van der Waals surface area (Å²) >= 11 is 1.59. The number of nitrogens with two attached hydrogens (primary N) is 2. The second kappa shape index (κ2) is 6.48. The van der Waals surface area contributed by atoms with Crippen LogP contribution in [0.25, 0.3) is 10.2 Å². The van der Waals surface area contributed by atoms with Crippen LogP contribution in [0.4, 0.5) is 23.5 Å². The zero-order valence-corrected chi connectivity index (χ0v) is 15.8. The fourth-order valence-corrected chi connectivity index (χ4v) is 3.85. The largest absolute Gasteiger partial charge is 0.368 e. The molecule has 2 heterocycles. The molecule has 8 heteroatoms. The van der Waals surface area contributed by atoms with Crippen LogP contribution in [0.15, 0.2) is 54.0 Å². The van der Waals surface area contributed by atoms with Crippen molar-refractivity contribution in [3.63, 3.8) is 0 Å². The third-order valence-electron chi connectivity index (χ3n) is 4.47. The summed E-state index contributed by atoms with van der Waals surface area (Å²) in [5.41, 5.74) is 16.0. The molecule has 0 spiro atoms. The molecule has 4 rings (SSSR count). The van der Waals surface area contributed by atoms with Gasteiger partial charge in [-0.3, -0.25) is 0 Å². The van der Waals surface area contributed by atoms with Gasteiger partial charge in [-0.1, -0.05) is 30.3 Å². The molecule has 0 unspecified atom stereocenters. The Morgan fingerprint density at radius 3 is 2.33 bits per heavy atom. The highest BCUT2D eigenvalue weighted by molar-refractivity contribution is 7.16. The minimum absolute atomic E-state index is 0.0882. The van der Waals surface area contributed by atoms with E-state index >= 15 is 0 Å². The van der Waals surface area contributed by atoms with Crippen molar-refractivity contribution in [3.8, 4) is 0 Å². The average Bonchev–Trinajstić information content (AvgIpc) is 3.09. The molecule has 27 heavy (non-hydrogen) atoms. The minimum Gasteiger partial charge on any atom is -0.368 e. The topological polar surface area (TPSA) is 107 Å². The molecule has 0 radical (unpaired) electrons. The van der Waals surface area contributed by atoms with E-state index in [9.17, 15) is 0 Å². The molecule has 0 aliphatic carbocycles. The maximum atomic E-state index is 5.85. The lowest BCUT2D eigenvalue weighted by Gasteiger charge is -2.39. The predicted octanol–water partition coefficient (Wildman–Crippen LogP) is 3.72. The number of benzene rings is 2. The monoisotopic (exact) mass is 377 g/mol. The maximum absolute atomic E-state index is 5.85. The summed E-state index contributed by atoms with van der Waals surface area (Å²) in [6.45, 7) is 4.21. The van der Waals surface area contributed by atoms with Gasteiger partial charge in [0.25, 0.3) is 0 Å². The molecule has 7 nitrogen and oxygen atoms in total. The van der Waals surface area contributed by atoms with Gasteiger partial charge in [0.15, 0.2) is 0 Å². The quantitative estimate of drug-likeness (QED) is 0.558. The van der Waals surface area contributed by atoms with Crippen molar-refractivity contribution in [2.75, 3.05) is 16.4 Å². The summed E-state index contributed by atoms with van der Waals surface area (Å²) in [7, 11) is 0. The third kappa shape index (κ3) is 3.15. The van der Waals surface area contributed by atoms with Crippen LogP contribution in [0.1, 0.15) is 19.4 Å². The van der Waals surface area contributed by atoms with Crippen LogP contribution >= 0.6 is 11.3 Å². The summed E-state index contributed by atoms with van der Waals surface area (Å²) in [5, 5.41) is 0. The van der Waals surface area contributed by atoms with E-state index in [1.54, 1.807) is 11.3 Å². The van der Waals surface area contributed by atoms with Crippen LogP contribution in [-0.2, 0) is 5.54 Å². The second-order valence-electron chi connectivity index (χ2n) is 6.62. The Labute approximate surface area is 160 Å². The van der Waals surface area contributed by atoms with Crippen molar-refractivity contribution in [1.82, 2.24) is 19.9 Å². The fourth-order valence-electron chi connectivity index (χ4n) is 3.14. The van der Waals surface area contributed by atoms with E-state index in [2.05, 4.69) is 52.0 Å². The van der Waals surface area contributed by atoms with E-state index in [4.69, 9.17) is 11.5 Å². The zero-order valence-electron chi connectivity index (χ0n) is 15.0. The Morgan fingerprint density at radius 2 is 1.63 bits per heavy atom. The van der Waals surface area contributed by atoms with Gasteiger partial charge in [0.1, 0.15) is 0 Å². The lowest BCUT2D eigenvalue weighted by molar-refractivity contribution is 0.526. The van der Waals surface area contributed by atoms with E-state index < -0.39 is 5.54 Å². The van der Waals surface area contributed by atoms with Gasteiger partial charge in [0.2, 0.25) is 17.8 Å². The van der Waals surface area contributed by atoms with Gasteiger partial charge in [0, 0.05) is 5.69 Å². The van der Waals surface area contributed by atoms with Crippen molar-refractivity contribution in [3.05, 3.63) is 59.6 Å². The average molecular weight is 377 g/mol. The van der Waals surface area contributed by atoms with Gasteiger partial charge < -0.3 is 16.4 Å². The minimum atomic E-state index is -0.472. The standard InChI is InChI=1S/C19H19N7S/c1-19(2,12-6-4-3-5-7-12)26(18-24-16(20)23-17(21)25-18)13-8-9-14-15(10-13)27-11-22-14/h3-11H,1-2H3,(H4,20,21,23,24,25). The third-order valence-corrected chi connectivity index (χ3v) is 5.26. The van der Waals surface area contributed by atoms with Crippen LogP contribution in [0, 0.1) is 0 Å². The molecule has 0 aliphatic heterocycles. The highest BCUT2D eigenvalue weighted by atomic mass is 32.1. The van der Waals surface area contributed by atoms with Crippen molar-refractivity contribution in [1.29, 1.82) is 0 Å². The molecule has 0 fully saturated rings. The van der Waals surface area contributed by atoms with Crippen LogP contribution in [0.3, 0.4) is 0 Å². The number of rotatable bonds is 4. The number of anilines is 4. The van der Waals surface area contributed by atoms with Gasteiger partial charge in [-0.15, -0.1) is 11.3 Å². The lowest BCUT2D eigenvalue weighted by Crippen LogP contribution is -2.39. The SMILES string of the molecule is CC(C)(c1ccccc1)N(c1ccc2ncsc2c1)c1nc(N)nc(N)n1. The predicted molar refractivity (Wildman–Crippen MR) is 110 cm³/mol. The molecule has 2 aromatic heterocycles. The lowest BCUT2D eigenvalue weighted by atomic mass is 9.91. The van der Waals surface area contributed by atoms with Crippen LogP contribution in [0.2, 0.25) is 0 Å². The Bertz CT molecular complexity index is 1070. The number of nitrogen functional groups attached to an aromatic ring is 2. The number of thiazole rings is 1. The van der Waals surface area contributed by atoms with Gasteiger partial charge in [-0.05, 0) is 37.6 Å². The highest BCUT2D eigenvalue weighted by Crippen LogP contribution is 2.39. The highest BCUT2D eigenvalue weighted by Gasteiger charge is 2.33. The van der Waals surface area contributed by atoms with Crippen molar-refractivity contribution in [2.24, 2.45) is 0 Å². The van der Waals surface area contributed by atoms with Gasteiger partial charge in [-0.25, -0.2) is 4.98 Å². The molecule has 0 bridgehead atoms. The van der Waals surface area contributed by atoms with Gasteiger partial charge in [0.05, 0.1) is 21.3 Å². The molecular weight excluding hydrogens is 358 g/mol. The zero-order chi connectivity index (χ0) is 19.0. The molecule has 0 saturated heterocycles. The first-order chi connectivity index (χ1) is 12.9. The molecule has 4 N–H and O–H groups in total. The molecule has 0 amide bonds. The smallest absolute Gasteiger partial charge is 0.237 e. The van der Waals surface area contributed by atoms with Gasteiger partial charge >= 0.3 is 0 Å². The van der Waals surface area contributed by atoms with Crippen LogP contribution in [-0.4, -0.2) is 19.9 Å². The normalized spacial score (nSPS) is 11.6. The summed E-state index contributed by atoms with van der Waals surface area (Å²) in [6.07, 6.45) is 0. The van der Waals surface area contributed by atoms with Crippen molar-refractivity contribution >= 4 is 45.1 Å². The molecular formula is C19H19N7S. The number of hydrogen-bond donors (Lipinski definition) is 2. The summed E-state index contributed by atoms with van der Waals surface area (Å²) in [6, 6.07) is 16.2. The Morgan fingerprint density at radius 1 is 0.926 bits per heavy atom. The van der Waals surface area contributed by atoms with E-state index in [-0.39, 0.29) is 11.9 Å². The van der Waals surface area contributed by atoms with Crippen molar-refractivity contribution < 1.29 is 0 Å². The molecule has 4 aromatic rings. The summed E-state index contributed by atoms with van der Waals surface area (Å²) < 4.78 is 1.08. The molecule has 2 aromatic carbocycles. The molecule has 0 saturated carbocycles. The van der Waals surface area contributed by atoms with E-state index in [1.165, 1.54) is 0 Å². The first kappa shape index (κ1) is 17.2. The summed E-state index contributed by atoms with van der Waals surface area (Å²) in [5.74, 6) is 0.577. The van der Waals surface area contributed by atoms with Gasteiger partial charge in [-0.2, -0.15) is 15.0 Å². The maximum Gasteiger partial charge on any atom is 0.237 e. The number of hydrogen-bond acceptors (Lipinski definition) is 8. The Hall–Kier alpha value is -3.26. The first-order valence-electron chi connectivity index (χ1n) is 8.41. The number of fused-ring (bicyclic) bond motifs is 1. The molecule has 136 valence electrons. The molecule has 0 aliphatic rings. The van der Waals surface area contributed by atoms with Crippen LogP contribution < -0.4 is 16.4 Å². The Kier molecular flexibility index (Phi) is 4.12. The number of aromatic nitrogens is 4. The van der Waals surface area contributed by atoms with E-state index in [0.29, 0.717) is 5.95 Å². The van der Waals surface area contributed by atoms with Crippen molar-refractivity contribution in [2.45, 2.75) is 19.4 Å². The summed E-state index contributed by atoms with van der Waals surface area (Å²) in [4.78, 5) is 19.0. The fraction of sp³-hybridized carbons (Fsp3) is 0.158. The van der Waals surface area contributed by atoms with E-state index in [0.717, 1.165) is 21.5 Å². The number of nitrogens with zero attached hydrogens (tertiary/aromatic N) is 5. The van der Waals surface area contributed by atoms with Crippen LogP contribution in [0.5, 0.6) is 0 Å². The molecule has 0 atom stereocenters. The van der Waals surface area contributed by atoms with E-state index in [1.807, 2.05) is 40.7 Å². The first-order valence-corrected chi connectivity index (χ1v) is 9.29. The second-order valence-corrected chi connectivity index (χ2v) is 7.50.